The first kappa shape index (κ1) is 17.4. The van der Waals surface area contributed by atoms with Crippen LogP contribution in [0.4, 0.5) is 5.69 Å². The number of hydrogen-bond acceptors (Lipinski definition) is 3. The van der Waals surface area contributed by atoms with E-state index in [0.717, 1.165) is 0 Å². The maximum absolute atomic E-state index is 12.4. The summed E-state index contributed by atoms with van der Waals surface area (Å²) in [5, 5.41) is 11.9. The first-order valence-corrected chi connectivity index (χ1v) is 8.17. The van der Waals surface area contributed by atoms with E-state index >= 15 is 0 Å². The average molecular weight is 361 g/mol. The second-order valence-electron chi connectivity index (χ2n) is 5.53. The van der Waals surface area contributed by atoms with Crippen molar-refractivity contribution in [2.24, 2.45) is 0 Å². The van der Waals surface area contributed by atoms with E-state index in [4.69, 9.17) is 16.9 Å². The topological polar surface area (TPSA) is 70.0 Å². The summed E-state index contributed by atoms with van der Waals surface area (Å²) in [6, 6.07) is 22.0. The number of nitrogens with one attached hydrogen (secondary N) is 1. The lowest BCUT2D eigenvalue weighted by Gasteiger charge is -2.07. The van der Waals surface area contributed by atoms with Crippen molar-refractivity contribution in [2.75, 3.05) is 5.32 Å². The fourth-order valence-electron chi connectivity index (χ4n) is 2.42. The molecule has 5 heteroatoms. The van der Waals surface area contributed by atoms with Gasteiger partial charge >= 0.3 is 0 Å². The highest BCUT2D eigenvalue weighted by molar-refractivity contribution is 6.32. The Hall–Kier alpha value is -3.42. The molecule has 126 valence electrons. The summed E-state index contributed by atoms with van der Waals surface area (Å²) in [6.07, 6.45) is 0. The van der Waals surface area contributed by atoms with Crippen molar-refractivity contribution in [3.05, 3.63) is 100 Å². The summed E-state index contributed by atoms with van der Waals surface area (Å²) in [5.41, 5.74) is 2.35. The lowest BCUT2D eigenvalue weighted by molar-refractivity contribution is 0.102. The largest absolute Gasteiger partial charge is 0.322 e. The van der Waals surface area contributed by atoms with Gasteiger partial charge in [-0.2, -0.15) is 5.26 Å². The van der Waals surface area contributed by atoms with Gasteiger partial charge in [0.2, 0.25) is 0 Å². The van der Waals surface area contributed by atoms with Gasteiger partial charge < -0.3 is 5.32 Å². The van der Waals surface area contributed by atoms with E-state index in [0.29, 0.717) is 27.9 Å². The number of halogens is 1. The van der Waals surface area contributed by atoms with E-state index in [-0.39, 0.29) is 16.7 Å². The van der Waals surface area contributed by atoms with Gasteiger partial charge in [0.1, 0.15) is 6.07 Å². The molecule has 0 radical (unpaired) electrons. The molecule has 0 bridgehead atoms. The van der Waals surface area contributed by atoms with Crippen molar-refractivity contribution in [1.29, 1.82) is 5.26 Å². The van der Waals surface area contributed by atoms with Gasteiger partial charge in [0.25, 0.3) is 5.91 Å². The molecule has 0 saturated carbocycles. The fraction of sp³-hybridized carbons (Fsp3) is 0. The van der Waals surface area contributed by atoms with E-state index in [1.165, 1.54) is 6.07 Å². The predicted octanol–water partition coefficient (Wildman–Crippen LogP) is 4.69. The molecule has 3 rings (SSSR count). The van der Waals surface area contributed by atoms with Crippen molar-refractivity contribution in [3.8, 4) is 6.07 Å². The van der Waals surface area contributed by atoms with Crippen molar-refractivity contribution in [3.63, 3.8) is 0 Å². The van der Waals surface area contributed by atoms with Crippen LogP contribution in [0.15, 0.2) is 72.8 Å². The summed E-state index contributed by atoms with van der Waals surface area (Å²) in [4.78, 5) is 24.7. The molecule has 3 aromatic carbocycles. The fourth-order valence-corrected chi connectivity index (χ4v) is 2.64. The van der Waals surface area contributed by atoms with E-state index in [2.05, 4.69) is 5.32 Å². The number of carbonyl (C=O) groups is 2. The minimum atomic E-state index is -0.329. The predicted molar refractivity (Wildman–Crippen MR) is 100 cm³/mol. The molecule has 0 saturated heterocycles. The Labute approximate surface area is 155 Å². The maximum Gasteiger partial charge on any atom is 0.255 e. The van der Waals surface area contributed by atoms with Crippen LogP contribution in [0.5, 0.6) is 0 Å². The third-order valence-corrected chi connectivity index (χ3v) is 4.11. The molecule has 0 spiro atoms. The van der Waals surface area contributed by atoms with Gasteiger partial charge in [-0.15, -0.1) is 0 Å². The summed E-state index contributed by atoms with van der Waals surface area (Å²) < 4.78 is 0. The normalized spacial score (nSPS) is 10.0. The Morgan fingerprint density at radius 3 is 2.08 bits per heavy atom. The molecule has 0 fully saturated rings. The molecule has 0 aromatic heterocycles. The molecular weight excluding hydrogens is 348 g/mol. The van der Waals surface area contributed by atoms with E-state index in [1.807, 2.05) is 12.1 Å². The van der Waals surface area contributed by atoms with Crippen molar-refractivity contribution >= 4 is 29.0 Å². The van der Waals surface area contributed by atoms with Crippen molar-refractivity contribution in [1.82, 2.24) is 0 Å². The minimum absolute atomic E-state index is 0.101. The highest BCUT2D eigenvalue weighted by Gasteiger charge is 2.11. The SMILES string of the molecule is N#Cc1ccc(NC(=O)c2ccc(C(=O)c3ccccc3)cc2)cc1Cl. The molecule has 0 aliphatic rings. The number of ketones is 1. The lowest BCUT2D eigenvalue weighted by Crippen LogP contribution is -2.12. The summed E-state index contributed by atoms with van der Waals surface area (Å²) in [7, 11) is 0. The summed E-state index contributed by atoms with van der Waals surface area (Å²) in [6.45, 7) is 0. The molecule has 1 amide bonds. The number of carbonyl (C=O) groups excluding carboxylic acids is 2. The maximum atomic E-state index is 12.4. The Morgan fingerprint density at radius 2 is 1.46 bits per heavy atom. The first-order valence-electron chi connectivity index (χ1n) is 7.79. The molecule has 0 aliphatic heterocycles. The summed E-state index contributed by atoms with van der Waals surface area (Å²) in [5.74, 6) is -0.430. The van der Waals surface area contributed by atoms with Crippen molar-refractivity contribution < 1.29 is 9.59 Å². The van der Waals surface area contributed by atoms with Gasteiger partial charge in [-0.05, 0) is 30.3 Å². The molecule has 0 heterocycles. The highest BCUT2D eigenvalue weighted by Crippen LogP contribution is 2.21. The molecule has 4 nitrogen and oxygen atoms in total. The Kier molecular flexibility index (Phi) is 5.12. The van der Waals surface area contributed by atoms with E-state index < -0.39 is 0 Å². The van der Waals surface area contributed by atoms with Gasteiger partial charge in [-0.25, -0.2) is 0 Å². The van der Waals surface area contributed by atoms with Crippen LogP contribution >= 0.6 is 11.6 Å². The van der Waals surface area contributed by atoms with Crippen LogP contribution in [0, 0.1) is 11.3 Å². The number of amides is 1. The minimum Gasteiger partial charge on any atom is -0.322 e. The van der Waals surface area contributed by atoms with E-state index in [1.54, 1.807) is 60.7 Å². The number of benzene rings is 3. The highest BCUT2D eigenvalue weighted by atomic mass is 35.5. The van der Waals surface area contributed by atoms with Crippen LogP contribution in [-0.2, 0) is 0 Å². The van der Waals surface area contributed by atoms with Crippen LogP contribution in [0.25, 0.3) is 0 Å². The number of anilines is 1. The number of hydrogen-bond donors (Lipinski definition) is 1. The molecule has 0 unspecified atom stereocenters. The molecular formula is C21H13ClN2O2. The van der Waals surface area contributed by atoms with Crippen LogP contribution in [-0.4, -0.2) is 11.7 Å². The molecule has 3 aromatic rings. The zero-order chi connectivity index (χ0) is 18.5. The molecule has 26 heavy (non-hydrogen) atoms. The van der Waals surface area contributed by atoms with Crippen LogP contribution in [0.2, 0.25) is 5.02 Å². The second kappa shape index (κ2) is 7.64. The number of nitrogens with zero attached hydrogens (tertiary/aromatic N) is 1. The zero-order valence-corrected chi connectivity index (χ0v) is 14.3. The van der Waals surface area contributed by atoms with Gasteiger partial charge in [0.05, 0.1) is 10.6 Å². The van der Waals surface area contributed by atoms with Gasteiger partial charge in [-0.1, -0.05) is 54.1 Å². The van der Waals surface area contributed by atoms with Crippen molar-refractivity contribution in [2.45, 2.75) is 0 Å². The van der Waals surface area contributed by atoms with Gasteiger partial charge in [-0.3, -0.25) is 9.59 Å². The third kappa shape index (κ3) is 3.80. The standard InChI is InChI=1S/C21H13ClN2O2/c22-19-12-18(11-10-17(19)13-23)24-21(26)16-8-6-15(7-9-16)20(25)14-4-2-1-3-5-14/h1-12H,(H,24,26). The monoisotopic (exact) mass is 360 g/mol. The Balaban J connectivity index is 1.74. The van der Waals surface area contributed by atoms with Gasteiger partial charge in [0, 0.05) is 22.4 Å². The summed E-state index contributed by atoms with van der Waals surface area (Å²) >= 11 is 5.96. The van der Waals surface area contributed by atoms with E-state index in [9.17, 15) is 9.59 Å². The average Bonchev–Trinajstić information content (AvgIpc) is 2.68. The zero-order valence-electron chi connectivity index (χ0n) is 13.6. The van der Waals surface area contributed by atoms with Crippen LogP contribution < -0.4 is 5.32 Å². The molecule has 0 aliphatic carbocycles. The number of rotatable bonds is 4. The van der Waals surface area contributed by atoms with Gasteiger partial charge in [0.15, 0.2) is 5.78 Å². The molecule has 1 N–H and O–H groups in total. The smallest absolute Gasteiger partial charge is 0.255 e. The van der Waals surface area contributed by atoms with Crippen LogP contribution in [0.3, 0.4) is 0 Å². The molecule has 0 atom stereocenters. The first-order chi connectivity index (χ1) is 12.6. The number of nitriles is 1. The Bertz CT molecular complexity index is 1010. The third-order valence-electron chi connectivity index (χ3n) is 3.79. The lowest BCUT2D eigenvalue weighted by atomic mass is 10.0. The quantitative estimate of drug-likeness (QED) is 0.686. The Morgan fingerprint density at radius 1 is 0.846 bits per heavy atom. The second-order valence-corrected chi connectivity index (χ2v) is 5.94. The van der Waals surface area contributed by atoms with Crippen LogP contribution in [0.1, 0.15) is 31.8 Å².